The van der Waals surface area contributed by atoms with Crippen LogP contribution in [0.3, 0.4) is 0 Å². The molecule has 0 atom stereocenters. The molecule has 1 saturated heterocycles. The lowest BCUT2D eigenvalue weighted by molar-refractivity contribution is -0.904. The van der Waals surface area contributed by atoms with Crippen molar-refractivity contribution in [2.45, 2.75) is 6.54 Å². The van der Waals surface area contributed by atoms with Gasteiger partial charge in [-0.05, 0) is 47.5 Å². The third-order valence-electron chi connectivity index (χ3n) is 5.14. The Kier molecular flexibility index (Phi) is 5.96. The van der Waals surface area contributed by atoms with Gasteiger partial charge in [-0.15, -0.1) is 0 Å². The molecule has 1 heterocycles. The molecule has 0 radical (unpaired) electrons. The Labute approximate surface area is 174 Å². The second-order valence-corrected chi connectivity index (χ2v) is 7.54. The van der Waals surface area contributed by atoms with E-state index in [0.717, 1.165) is 6.54 Å². The molecule has 0 spiro atoms. The van der Waals surface area contributed by atoms with Crippen LogP contribution in [-0.2, 0) is 11.3 Å². The van der Waals surface area contributed by atoms with Crippen LogP contribution >= 0.6 is 0 Å². The van der Waals surface area contributed by atoms with Gasteiger partial charge < -0.3 is 4.90 Å². The Balaban J connectivity index is 1.69. The minimum Gasteiger partial charge on any atom is -0.323 e. The van der Waals surface area contributed by atoms with Crippen LogP contribution in [-0.4, -0.2) is 18.9 Å². The fourth-order valence-electron chi connectivity index (χ4n) is 3.81. The highest BCUT2D eigenvalue weighted by Crippen LogP contribution is 2.17. The van der Waals surface area contributed by atoms with Crippen molar-refractivity contribution in [3.05, 3.63) is 118 Å². The predicted octanol–water partition coefficient (Wildman–Crippen LogP) is 4.10. The molecule has 0 aromatic heterocycles. The molecule has 3 aromatic rings. The van der Waals surface area contributed by atoms with Gasteiger partial charge in [0.15, 0.2) is 5.78 Å². The van der Waals surface area contributed by atoms with Crippen molar-refractivity contribution in [1.82, 2.24) is 0 Å². The second-order valence-electron chi connectivity index (χ2n) is 7.54. The van der Waals surface area contributed by atoms with Crippen molar-refractivity contribution >= 4 is 17.9 Å². The third kappa shape index (κ3) is 4.97. The first-order valence-corrected chi connectivity index (χ1v) is 9.91. The molecule has 0 bridgehead atoms. The van der Waals surface area contributed by atoms with Crippen LogP contribution in [0.25, 0.3) is 12.2 Å². The fourth-order valence-corrected chi connectivity index (χ4v) is 3.81. The number of nitrogens with one attached hydrogen (secondary N) is 1. The molecule has 3 aromatic carbocycles. The van der Waals surface area contributed by atoms with Crippen molar-refractivity contribution in [3.63, 3.8) is 0 Å². The molecular formula is C26H22F2NO+. The Morgan fingerprint density at radius 3 is 1.77 bits per heavy atom. The van der Waals surface area contributed by atoms with Gasteiger partial charge in [0.05, 0.1) is 11.1 Å². The number of carbonyl (C=O) groups is 1. The molecule has 2 nitrogen and oxygen atoms in total. The summed E-state index contributed by atoms with van der Waals surface area (Å²) in [5.41, 5.74) is 3.74. The highest BCUT2D eigenvalue weighted by Gasteiger charge is 2.29. The van der Waals surface area contributed by atoms with E-state index in [1.807, 2.05) is 18.2 Å². The molecule has 0 saturated carbocycles. The highest BCUT2D eigenvalue weighted by molar-refractivity contribution is 6.14. The number of ketones is 1. The number of hydrogen-bond donors (Lipinski definition) is 1. The lowest BCUT2D eigenvalue weighted by Crippen LogP contribution is -3.12. The quantitative estimate of drug-likeness (QED) is 0.652. The average molecular weight is 402 g/mol. The number of hydrogen-bond acceptors (Lipinski definition) is 1. The van der Waals surface area contributed by atoms with Gasteiger partial charge in [0.25, 0.3) is 0 Å². The molecule has 150 valence electrons. The minimum absolute atomic E-state index is 0.0691. The Bertz CT molecular complexity index is 1050. The molecule has 1 aliphatic rings. The van der Waals surface area contributed by atoms with Gasteiger partial charge in [0.1, 0.15) is 31.3 Å². The largest absolute Gasteiger partial charge is 0.323 e. The van der Waals surface area contributed by atoms with Gasteiger partial charge in [-0.25, -0.2) is 8.78 Å². The smallest absolute Gasteiger partial charge is 0.196 e. The van der Waals surface area contributed by atoms with Crippen molar-refractivity contribution in [1.29, 1.82) is 0 Å². The van der Waals surface area contributed by atoms with Gasteiger partial charge in [-0.3, -0.25) is 4.79 Å². The van der Waals surface area contributed by atoms with Gasteiger partial charge >= 0.3 is 0 Å². The minimum atomic E-state index is -0.336. The van der Waals surface area contributed by atoms with Gasteiger partial charge in [0.2, 0.25) is 0 Å². The second kappa shape index (κ2) is 8.97. The third-order valence-corrected chi connectivity index (χ3v) is 5.14. The molecule has 0 unspecified atom stereocenters. The first-order chi connectivity index (χ1) is 14.6. The monoisotopic (exact) mass is 402 g/mol. The summed E-state index contributed by atoms with van der Waals surface area (Å²) >= 11 is 0. The number of Topliss-reactive ketones (excluding diaryl/α,β-unsaturated/α-hetero) is 1. The molecular weight excluding hydrogens is 380 g/mol. The number of halogens is 2. The maximum Gasteiger partial charge on any atom is 0.196 e. The van der Waals surface area contributed by atoms with Gasteiger partial charge in [-0.2, -0.15) is 0 Å². The van der Waals surface area contributed by atoms with Gasteiger partial charge in [-0.1, -0.05) is 54.6 Å². The van der Waals surface area contributed by atoms with Crippen LogP contribution in [0.4, 0.5) is 8.78 Å². The molecule has 30 heavy (non-hydrogen) atoms. The maximum absolute atomic E-state index is 13.6. The van der Waals surface area contributed by atoms with Gasteiger partial charge in [0, 0.05) is 5.56 Å². The Morgan fingerprint density at radius 2 is 1.27 bits per heavy atom. The Morgan fingerprint density at radius 1 is 0.733 bits per heavy atom. The van der Waals surface area contributed by atoms with E-state index in [0.29, 0.717) is 35.4 Å². The number of likely N-dealkylation sites (tertiary alicyclic amines) is 1. The maximum atomic E-state index is 13.6. The van der Waals surface area contributed by atoms with Crippen molar-refractivity contribution in [3.8, 4) is 0 Å². The van der Waals surface area contributed by atoms with E-state index in [9.17, 15) is 13.6 Å². The average Bonchev–Trinajstić information content (AvgIpc) is 2.72. The molecule has 1 aliphatic heterocycles. The fraction of sp³-hybridized carbons (Fsp3) is 0.115. The normalized spacial score (nSPS) is 19.4. The summed E-state index contributed by atoms with van der Waals surface area (Å²) in [4.78, 5) is 14.4. The summed E-state index contributed by atoms with van der Waals surface area (Å²) in [6.45, 7) is 1.85. The van der Waals surface area contributed by atoms with Crippen LogP contribution in [0.15, 0.2) is 90.0 Å². The molecule has 4 heteroatoms. The van der Waals surface area contributed by atoms with Crippen LogP contribution in [0, 0.1) is 11.6 Å². The zero-order valence-electron chi connectivity index (χ0n) is 16.4. The summed E-state index contributed by atoms with van der Waals surface area (Å²) < 4.78 is 27.2. The van der Waals surface area contributed by atoms with Crippen LogP contribution in [0.1, 0.15) is 16.7 Å². The Hall–Kier alpha value is -3.37. The molecule has 4 rings (SSSR count). The standard InChI is InChI=1S/C26H21F2NO/c27-24-10-4-8-20(14-24)12-22-17-29(16-19-6-2-1-3-7-19)18-23(26(22)30)13-21-9-5-11-25(28)15-21/h1-15H,16-18H2/p+1/b22-12+,23-13+. The highest BCUT2D eigenvalue weighted by atomic mass is 19.1. The van der Waals surface area contributed by atoms with E-state index < -0.39 is 0 Å². The van der Waals surface area contributed by atoms with Crippen molar-refractivity contribution < 1.29 is 18.5 Å². The van der Waals surface area contributed by atoms with E-state index in [-0.39, 0.29) is 17.4 Å². The number of benzene rings is 3. The van der Waals surface area contributed by atoms with Crippen LogP contribution in [0.2, 0.25) is 0 Å². The van der Waals surface area contributed by atoms with Crippen molar-refractivity contribution in [2.75, 3.05) is 13.1 Å². The van der Waals surface area contributed by atoms with E-state index in [4.69, 9.17) is 0 Å². The van der Waals surface area contributed by atoms with E-state index in [2.05, 4.69) is 12.1 Å². The first kappa shape index (κ1) is 19.9. The molecule has 1 N–H and O–H groups in total. The van der Waals surface area contributed by atoms with E-state index >= 15 is 0 Å². The lowest BCUT2D eigenvalue weighted by atomic mass is 9.94. The zero-order chi connectivity index (χ0) is 20.9. The molecule has 0 amide bonds. The summed E-state index contributed by atoms with van der Waals surface area (Å²) in [5.74, 6) is -0.742. The summed E-state index contributed by atoms with van der Waals surface area (Å²) in [6, 6.07) is 22.5. The zero-order valence-corrected chi connectivity index (χ0v) is 16.4. The number of quaternary nitrogens is 1. The molecule has 0 aliphatic carbocycles. The lowest BCUT2D eigenvalue weighted by Gasteiger charge is -2.27. The van der Waals surface area contributed by atoms with E-state index in [1.165, 1.54) is 34.7 Å². The predicted molar refractivity (Wildman–Crippen MR) is 115 cm³/mol. The summed E-state index contributed by atoms with van der Waals surface area (Å²) in [7, 11) is 0. The van der Waals surface area contributed by atoms with Crippen LogP contribution < -0.4 is 4.90 Å². The first-order valence-electron chi connectivity index (χ1n) is 9.91. The number of piperidine rings is 1. The van der Waals surface area contributed by atoms with Crippen molar-refractivity contribution in [2.24, 2.45) is 0 Å². The number of rotatable bonds is 4. The van der Waals surface area contributed by atoms with E-state index in [1.54, 1.807) is 36.4 Å². The summed E-state index contributed by atoms with van der Waals surface area (Å²) in [6.07, 6.45) is 3.52. The number of carbonyl (C=O) groups excluding carboxylic acids is 1. The molecule has 1 fully saturated rings. The topological polar surface area (TPSA) is 21.5 Å². The SMILES string of the molecule is O=C1/C(=C/c2cccc(F)c2)C[NH+](Cc2ccccc2)C/C1=C\c1cccc(F)c1. The summed E-state index contributed by atoms with van der Waals surface area (Å²) in [5, 5.41) is 0. The van der Waals surface area contributed by atoms with Crippen LogP contribution in [0.5, 0.6) is 0 Å².